The van der Waals surface area contributed by atoms with E-state index in [4.69, 9.17) is 5.73 Å². The Labute approximate surface area is 127 Å². The van der Waals surface area contributed by atoms with E-state index < -0.39 is 0 Å². The lowest BCUT2D eigenvalue weighted by Gasteiger charge is -2.18. The van der Waals surface area contributed by atoms with Crippen molar-refractivity contribution in [2.45, 2.75) is 18.9 Å². The van der Waals surface area contributed by atoms with Crippen LogP contribution in [0.2, 0.25) is 0 Å². The number of pyridine rings is 1. The van der Waals surface area contributed by atoms with Gasteiger partial charge in [-0.05, 0) is 52.7 Å². The molecule has 1 aromatic heterocycles. The normalized spacial score (nSPS) is 28.9. The average molecular weight is 347 g/mol. The summed E-state index contributed by atoms with van der Waals surface area (Å²) in [4.78, 5) is 18.4. The monoisotopic (exact) mass is 345 g/mol. The largest absolute Gasteiger partial charge is 0.337 e. The third-order valence-electron chi connectivity index (χ3n) is 4.15. The molecule has 0 spiro atoms. The van der Waals surface area contributed by atoms with Crippen LogP contribution in [-0.4, -0.2) is 34.9 Å². The number of hydrogen-bond donors (Lipinski definition) is 1. The van der Waals surface area contributed by atoms with Crippen molar-refractivity contribution in [2.24, 2.45) is 17.6 Å². The second-order valence-corrected chi connectivity index (χ2v) is 6.15. The van der Waals surface area contributed by atoms with Crippen molar-refractivity contribution < 1.29 is 4.79 Å². The zero-order valence-electron chi connectivity index (χ0n) is 10.5. The number of likely N-dealkylation sites (tertiary alicyclic amines) is 1. The fraction of sp³-hybridized carbons (Fsp3) is 0.538. The van der Waals surface area contributed by atoms with Crippen LogP contribution >= 0.6 is 28.3 Å². The summed E-state index contributed by atoms with van der Waals surface area (Å²) in [6.07, 6.45) is 3.92. The molecule has 0 radical (unpaired) electrons. The van der Waals surface area contributed by atoms with Gasteiger partial charge in [0.25, 0.3) is 5.91 Å². The first-order valence-corrected chi connectivity index (χ1v) is 7.11. The van der Waals surface area contributed by atoms with E-state index in [0.29, 0.717) is 17.5 Å². The molecule has 2 heterocycles. The molecule has 1 aliphatic carbocycles. The predicted octanol–water partition coefficient (Wildman–Crippen LogP) is 2.08. The van der Waals surface area contributed by atoms with Gasteiger partial charge in [-0.25, -0.2) is 4.98 Å². The molecular weight excluding hydrogens is 330 g/mol. The molecule has 0 bridgehead atoms. The topological polar surface area (TPSA) is 59.2 Å². The molecule has 1 aromatic rings. The van der Waals surface area contributed by atoms with Crippen LogP contribution in [0.1, 0.15) is 23.3 Å². The van der Waals surface area contributed by atoms with Gasteiger partial charge in [0.15, 0.2) is 0 Å². The zero-order valence-corrected chi connectivity index (χ0v) is 12.9. The van der Waals surface area contributed by atoms with Gasteiger partial charge in [0.05, 0.1) is 0 Å². The highest BCUT2D eigenvalue weighted by Gasteiger charge is 2.42. The Hall–Kier alpha value is -0.650. The number of nitrogens with two attached hydrogens (primary N) is 1. The lowest BCUT2D eigenvalue weighted by Crippen LogP contribution is -2.33. The molecule has 1 aliphatic heterocycles. The molecule has 3 rings (SSSR count). The second-order valence-electron chi connectivity index (χ2n) is 5.24. The first kappa shape index (κ1) is 14.8. The van der Waals surface area contributed by atoms with Crippen molar-refractivity contribution in [3.63, 3.8) is 0 Å². The molecule has 0 aromatic carbocycles. The molecule has 2 N–H and O–H groups in total. The minimum absolute atomic E-state index is 0. The quantitative estimate of drug-likeness (QED) is 0.847. The number of amides is 1. The van der Waals surface area contributed by atoms with Gasteiger partial charge < -0.3 is 10.6 Å². The summed E-state index contributed by atoms with van der Waals surface area (Å²) < 4.78 is 0.888. The summed E-state index contributed by atoms with van der Waals surface area (Å²) in [5.74, 6) is 1.12. The molecule has 6 heteroatoms. The maximum absolute atomic E-state index is 12.3. The van der Waals surface area contributed by atoms with Crippen LogP contribution in [0.4, 0.5) is 0 Å². The highest BCUT2D eigenvalue weighted by atomic mass is 79.9. The Morgan fingerprint density at radius 2 is 2.16 bits per heavy atom. The van der Waals surface area contributed by atoms with Crippen molar-refractivity contribution in [3.05, 3.63) is 28.5 Å². The number of fused-ring (bicyclic) bond motifs is 1. The van der Waals surface area contributed by atoms with E-state index in [0.717, 1.165) is 30.4 Å². The molecule has 1 amide bonds. The van der Waals surface area contributed by atoms with E-state index in [1.807, 2.05) is 11.0 Å². The highest BCUT2D eigenvalue weighted by Crippen LogP contribution is 2.37. The summed E-state index contributed by atoms with van der Waals surface area (Å²) in [7, 11) is 0. The number of hydrogen-bond acceptors (Lipinski definition) is 3. The number of aromatic nitrogens is 1. The smallest absolute Gasteiger partial charge is 0.272 e. The summed E-state index contributed by atoms with van der Waals surface area (Å²) in [6.45, 7) is 1.64. The highest BCUT2D eigenvalue weighted by molar-refractivity contribution is 9.10. The molecule has 2 aliphatic rings. The number of halogens is 2. The fourth-order valence-corrected chi connectivity index (χ4v) is 3.37. The SMILES string of the molecule is Cl.NC1CCC2CN(C(=O)c3ccc(Br)cn3)CC12. The third-order valence-corrected chi connectivity index (χ3v) is 4.62. The predicted molar refractivity (Wildman–Crippen MR) is 79.3 cm³/mol. The van der Waals surface area contributed by atoms with E-state index >= 15 is 0 Å². The van der Waals surface area contributed by atoms with E-state index in [-0.39, 0.29) is 24.4 Å². The van der Waals surface area contributed by atoms with E-state index in [1.165, 1.54) is 0 Å². The standard InChI is InChI=1S/C13H16BrN3O.ClH/c14-9-2-4-12(16-5-9)13(18)17-6-8-1-3-11(15)10(8)7-17;/h2,4-5,8,10-11H,1,3,6-7,15H2;1H. The summed E-state index contributed by atoms with van der Waals surface area (Å²) >= 11 is 3.32. The summed E-state index contributed by atoms with van der Waals surface area (Å²) in [6, 6.07) is 3.88. The van der Waals surface area contributed by atoms with Crippen LogP contribution in [-0.2, 0) is 0 Å². The number of rotatable bonds is 1. The van der Waals surface area contributed by atoms with E-state index in [9.17, 15) is 4.79 Å². The second kappa shape index (κ2) is 5.77. The van der Waals surface area contributed by atoms with Gasteiger partial charge in [0, 0.05) is 29.8 Å². The Kier molecular flexibility index (Phi) is 4.48. The Morgan fingerprint density at radius 3 is 2.79 bits per heavy atom. The molecule has 104 valence electrons. The molecular formula is C13H17BrClN3O. The third kappa shape index (κ3) is 2.78. The maximum Gasteiger partial charge on any atom is 0.272 e. The van der Waals surface area contributed by atoms with Crippen LogP contribution in [0, 0.1) is 11.8 Å². The summed E-state index contributed by atoms with van der Waals surface area (Å²) in [5.41, 5.74) is 6.60. The molecule has 2 fully saturated rings. The fourth-order valence-electron chi connectivity index (χ4n) is 3.14. The molecule has 1 saturated heterocycles. The molecule has 1 saturated carbocycles. The number of nitrogens with zero attached hydrogens (tertiary/aromatic N) is 2. The minimum Gasteiger partial charge on any atom is -0.337 e. The molecule has 3 atom stereocenters. The zero-order chi connectivity index (χ0) is 12.7. The summed E-state index contributed by atoms with van der Waals surface area (Å²) in [5, 5.41) is 0. The van der Waals surface area contributed by atoms with Crippen molar-refractivity contribution in [3.8, 4) is 0 Å². The minimum atomic E-state index is 0. The van der Waals surface area contributed by atoms with Gasteiger partial charge in [-0.2, -0.15) is 0 Å². The van der Waals surface area contributed by atoms with Crippen molar-refractivity contribution in [1.82, 2.24) is 9.88 Å². The van der Waals surface area contributed by atoms with Gasteiger partial charge in [0.1, 0.15) is 5.69 Å². The lowest BCUT2D eigenvalue weighted by molar-refractivity contribution is 0.0774. The van der Waals surface area contributed by atoms with Crippen LogP contribution in [0.3, 0.4) is 0 Å². The van der Waals surface area contributed by atoms with Crippen molar-refractivity contribution >= 4 is 34.2 Å². The Bertz CT molecular complexity index is 467. The Balaban J connectivity index is 0.00000133. The van der Waals surface area contributed by atoms with Crippen molar-refractivity contribution in [2.75, 3.05) is 13.1 Å². The first-order valence-electron chi connectivity index (χ1n) is 6.31. The number of carbonyl (C=O) groups excluding carboxylic acids is 1. The first-order chi connectivity index (χ1) is 8.65. The van der Waals surface area contributed by atoms with E-state index in [1.54, 1.807) is 12.3 Å². The van der Waals surface area contributed by atoms with Crippen LogP contribution in [0.25, 0.3) is 0 Å². The lowest BCUT2D eigenvalue weighted by atomic mass is 9.98. The van der Waals surface area contributed by atoms with Crippen LogP contribution < -0.4 is 5.73 Å². The Morgan fingerprint density at radius 1 is 1.37 bits per heavy atom. The van der Waals surface area contributed by atoms with Crippen LogP contribution in [0.5, 0.6) is 0 Å². The van der Waals surface area contributed by atoms with Crippen LogP contribution in [0.15, 0.2) is 22.8 Å². The van der Waals surface area contributed by atoms with Gasteiger partial charge >= 0.3 is 0 Å². The van der Waals surface area contributed by atoms with E-state index in [2.05, 4.69) is 20.9 Å². The van der Waals surface area contributed by atoms with Gasteiger partial charge in [-0.15, -0.1) is 12.4 Å². The van der Waals surface area contributed by atoms with Gasteiger partial charge in [-0.3, -0.25) is 4.79 Å². The number of carbonyl (C=O) groups is 1. The maximum atomic E-state index is 12.3. The van der Waals surface area contributed by atoms with Crippen molar-refractivity contribution in [1.29, 1.82) is 0 Å². The molecule has 19 heavy (non-hydrogen) atoms. The molecule has 3 unspecified atom stereocenters. The average Bonchev–Trinajstić information content (AvgIpc) is 2.92. The molecule has 4 nitrogen and oxygen atoms in total. The van der Waals surface area contributed by atoms with Gasteiger partial charge in [-0.1, -0.05) is 0 Å². The van der Waals surface area contributed by atoms with Gasteiger partial charge in [0.2, 0.25) is 0 Å².